The summed E-state index contributed by atoms with van der Waals surface area (Å²) in [6.45, 7) is 6.76. The SMILES string of the molecule is [2H]C(=C)CO[C@H]1[C@H](OCc2ccc3ccccc3c2)[C@@H](C)OC(OCCCCC(NCc2ccccc2)C(=O)OCc2ccccc2)[C@@H]1N=[N+]=[N-]. The normalized spacial score (nSPS) is 21.1. The van der Waals surface area contributed by atoms with Gasteiger partial charge in [-0.25, -0.2) is 0 Å². The summed E-state index contributed by atoms with van der Waals surface area (Å²) in [6.07, 6.45) is -0.916. The van der Waals surface area contributed by atoms with Gasteiger partial charge in [0.1, 0.15) is 30.9 Å². The molecular formula is C40H46N4O6. The van der Waals surface area contributed by atoms with E-state index in [9.17, 15) is 10.3 Å². The van der Waals surface area contributed by atoms with Crippen LogP contribution in [0.5, 0.6) is 0 Å². The second-order valence-electron chi connectivity index (χ2n) is 12.3. The number of benzene rings is 4. The van der Waals surface area contributed by atoms with E-state index in [1.54, 1.807) is 0 Å². The molecule has 1 fully saturated rings. The van der Waals surface area contributed by atoms with Gasteiger partial charge in [0.25, 0.3) is 0 Å². The fraction of sp³-hybridized carbons (Fsp3) is 0.375. The van der Waals surface area contributed by atoms with E-state index in [2.05, 4.69) is 46.2 Å². The number of hydrogen-bond acceptors (Lipinski definition) is 8. The van der Waals surface area contributed by atoms with Crippen LogP contribution < -0.4 is 5.32 Å². The number of azide groups is 1. The van der Waals surface area contributed by atoms with Crippen LogP contribution in [0.15, 0.2) is 121 Å². The van der Waals surface area contributed by atoms with E-state index in [1.165, 1.54) is 0 Å². The largest absolute Gasteiger partial charge is 0.460 e. The van der Waals surface area contributed by atoms with Crippen molar-refractivity contribution in [2.24, 2.45) is 5.11 Å². The number of unbranched alkanes of at least 4 members (excludes halogenated alkanes) is 1. The van der Waals surface area contributed by atoms with Gasteiger partial charge < -0.3 is 29.0 Å². The maximum atomic E-state index is 13.2. The van der Waals surface area contributed by atoms with Crippen LogP contribution in [0, 0.1) is 0 Å². The highest BCUT2D eigenvalue weighted by molar-refractivity contribution is 5.83. The second kappa shape index (κ2) is 19.6. The molecule has 1 aliphatic rings. The van der Waals surface area contributed by atoms with Crippen molar-refractivity contribution in [3.05, 3.63) is 143 Å². The zero-order valence-electron chi connectivity index (χ0n) is 29.4. The summed E-state index contributed by atoms with van der Waals surface area (Å²) >= 11 is 0. The summed E-state index contributed by atoms with van der Waals surface area (Å²) in [6, 6.07) is 32.4. The van der Waals surface area contributed by atoms with E-state index in [4.69, 9.17) is 25.1 Å². The Morgan fingerprint density at radius 3 is 2.38 bits per heavy atom. The zero-order valence-corrected chi connectivity index (χ0v) is 28.4. The summed E-state index contributed by atoms with van der Waals surface area (Å²) in [5.74, 6) is -0.311. The maximum Gasteiger partial charge on any atom is 0.323 e. The van der Waals surface area contributed by atoms with Crippen LogP contribution in [-0.2, 0) is 48.2 Å². The number of carbonyl (C=O) groups excluding carboxylic acids is 1. The lowest BCUT2D eigenvalue weighted by Crippen LogP contribution is -2.58. The van der Waals surface area contributed by atoms with E-state index < -0.39 is 36.7 Å². The number of carbonyl (C=O) groups is 1. The lowest BCUT2D eigenvalue weighted by atomic mass is 9.97. The molecule has 6 atom stereocenters. The third-order valence-corrected chi connectivity index (χ3v) is 8.64. The smallest absolute Gasteiger partial charge is 0.323 e. The highest BCUT2D eigenvalue weighted by Gasteiger charge is 2.46. The topological polar surface area (TPSA) is 124 Å². The standard InChI is InChI=1S/C40H46N4O6/c1-3-23-46-38-36(43-44-41)40(50-29(2)37(38)48-28-32-21-22-33-18-10-11-19-34(33)25-32)47-24-13-12-20-35(42-26-30-14-6-4-7-15-30)39(45)49-27-31-16-8-5-9-17-31/h3-11,14-19,21-22,25,29,35-38,40,42H,1,12-13,20,23-24,26-28H2,2H3/t29-,35?,36-,37-,38-,40?/m1/s1/i3D. The molecule has 0 aliphatic carbocycles. The summed E-state index contributed by atoms with van der Waals surface area (Å²) in [4.78, 5) is 16.2. The molecule has 1 N–H and O–H groups in total. The van der Waals surface area contributed by atoms with Gasteiger partial charge in [-0.3, -0.25) is 4.79 Å². The first-order valence-corrected chi connectivity index (χ1v) is 17.1. The molecule has 262 valence electrons. The minimum absolute atomic E-state index is 0.0604. The molecule has 0 spiro atoms. The number of rotatable bonds is 19. The zero-order chi connectivity index (χ0) is 35.8. The lowest BCUT2D eigenvalue weighted by Gasteiger charge is -2.43. The monoisotopic (exact) mass is 679 g/mol. The van der Waals surface area contributed by atoms with E-state index in [1.807, 2.05) is 85.8 Å². The maximum absolute atomic E-state index is 13.2. The van der Waals surface area contributed by atoms with Crippen molar-refractivity contribution in [1.82, 2.24) is 5.32 Å². The fourth-order valence-corrected chi connectivity index (χ4v) is 6.02. The summed E-state index contributed by atoms with van der Waals surface area (Å²) in [5, 5.41) is 9.62. The molecule has 10 heteroatoms. The molecule has 0 radical (unpaired) electrons. The lowest BCUT2D eigenvalue weighted by molar-refractivity contribution is -0.271. The van der Waals surface area contributed by atoms with Crippen LogP contribution in [0.2, 0.25) is 0 Å². The molecule has 2 unspecified atom stereocenters. The minimum Gasteiger partial charge on any atom is -0.460 e. The average molecular weight is 680 g/mol. The molecule has 50 heavy (non-hydrogen) atoms. The van der Waals surface area contributed by atoms with Crippen molar-refractivity contribution in [3.8, 4) is 0 Å². The average Bonchev–Trinajstić information content (AvgIpc) is 3.15. The van der Waals surface area contributed by atoms with Gasteiger partial charge in [-0.2, -0.15) is 0 Å². The molecule has 4 aromatic rings. The van der Waals surface area contributed by atoms with Crippen LogP contribution in [0.1, 0.15) is 44.2 Å². The first kappa shape index (κ1) is 35.3. The predicted molar refractivity (Wildman–Crippen MR) is 193 cm³/mol. The summed E-state index contributed by atoms with van der Waals surface area (Å²) in [7, 11) is 0. The molecule has 1 saturated heterocycles. The number of nitrogens with zero attached hydrogens (tertiary/aromatic N) is 3. The van der Waals surface area contributed by atoms with Gasteiger partial charge in [0, 0.05) is 18.1 Å². The van der Waals surface area contributed by atoms with Crippen molar-refractivity contribution in [2.45, 2.75) is 82.6 Å². The van der Waals surface area contributed by atoms with E-state index in [0.717, 1.165) is 27.5 Å². The summed E-state index contributed by atoms with van der Waals surface area (Å²) < 4.78 is 38.4. The molecule has 10 nitrogen and oxygen atoms in total. The number of hydrogen-bond donors (Lipinski definition) is 1. The number of nitrogens with one attached hydrogen (secondary N) is 1. The number of esters is 1. The highest BCUT2D eigenvalue weighted by atomic mass is 16.7. The quantitative estimate of drug-likeness (QED) is 0.0268. The third-order valence-electron chi connectivity index (χ3n) is 8.64. The van der Waals surface area contributed by atoms with Gasteiger partial charge in [-0.1, -0.05) is 108 Å². The van der Waals surface area contributed by atoms with Crippen LogP contribution in [-0.4, -0.2) is 55.9 Å². The van der Waals surface area contributed by atoms with Crippen molar-refractivity contribution in [3.63, 3.8) is 0 Å². The highest BCUT2D eigenvalue weighted by Crippen LogP contribution is 2.30. The fourth-order valence-electron chi connectivity index (χ4n) is 6.02. The Balaban J connectivity index is 1.17. The molecule has 0 aromatic heterocycles. The Labute approximate surface area is 295 Å². The van der Waals surface area contributed by atoms with Crippen LogP contribution >= 0.6 is 0 Å². The number of fused-ring (bicyclic) bond motifs is 1. The molecule has 0 bridgehead atoms. The van der Waals surface area contributed by atoms with E-state index in [-0.39, 0.29) is 31.8 Å². The van der Waals surface area contributed by atoms with Gasteiger partial charge in [-0.15, -0.1) is 6.58 Å². The van der Waals surface area contributed by atoms with Crippen LogP contribution in [0.25, 0.3) is 21.2 Å². The Morgan fingerprint density at radius 2 is 1.64 bits per heavy atom. The Morgan fingerprint density at radius 1 is 0.920 bits per heavy atom. The number of ether oxygens (including phenoxy) is 5. The molecule has 0 amide bonds. The second-order valence-corrected chi connectivity index (χ2v) is 12.3. The molecule has 1 heterocycles. The van der Waals surface area contributed by atoms with Gasteiger partial charge in [0.05, 0.1) is 20.7 Å². The van der Waals surface area contributed by atoms with Crippen LogP contribution in [0.4, 0.5) is 0 Å². The van der Waals surface area contributed by atoms with Crippen molar-refractivity contribution < 1.29 is 29.8 Å². The first-order valence-electron chi connectivity index (χ1n) is 17.6. The van der Waals surface area contributed by atoms with Gasteiger partial charge in [-0.05, 0) is 65.2 Å². The van der Waals surface area contributed by atoms with E-state index >= 15 is 0 Å². The minimum atomic E-state index is -0.900. The van der Waals surface area contributed by atoms with Crippen molar-refractivity contribution >= 4 is 16.7 Å². The molecular weight excluding hydrogens is 632 g/mol. The Kier molecular flexibility index (Phi) is 13.8. The van der Waals surface area contributed by atoms with Gasteiger partial charge in [0.15, 0.2) is 6.29 Å². The van der Waals surface area contributed by atoms with Crippen molar-refractivity contribution in [1.29, 1.82) is 0 Å². The Hall–Kier alpha value is -4.54. The van der Waals surface area contributed by atoms with E-state index in [0.29, 0.717) is 32.4 Å². The molecule has 4 aromatic carbocycles. The van der Waals surface area contributed by atoms with Gasteiger partial charge >= 0.3 is 5.97 Å². The molecule has 0 saturated carbocycles. The predicted octanol–water partition coefficient (Wildman–Crippen LogP) is 7.81. The molecule has 1 aliphatic heterocycles. The van der Waals surface area contributed by atoms with Crippen LogP contribution in [0.3, 0.4) is 0 Å². The Bertz CT molecular complexity index is 1740. The van der Waals surface area contributed by atoms with Crippen molar-refractivity contribution in [2.75, 3.05) is 13.2 Å². The molecule has 5 rings (SSSR count). The first-order chi connectivity index (χ1) is 24.9. The van der Waals surface area contributed by atoms with Gasteiger partial charge in [0.2, 0.25) is 0 Å². The summed E-state index contributed by atoms with van der Waals surface area (Å²) in [5.41, 5.74) is 12.5. The third kappa shape index (κ3) is 10.7.